The largest absolute Gasteiger partial charge is 0.295 e. The Labute approximate surface area is 85.5 Å². The molecule has 0 heterocycles. The predicted octanol–water partition coefficient (Wildman–Crippen LogP) is 3.30. The second kappa shape index (κ2) is 4.23. The van der Waals surface area contributed by atoms with Gasteiger partial charge in [0, 0.05) is 0 Å². The van der Waals surface area contributed by atoms with Crippen LogP contribution in [0.15, 0.2) is 24.3 Å². The Hall–Kier alpha value is -1.37. The van der Waals surface area contributed by atoms with Gasteiger partial charge in [-0.3, -0.25) is 4.79 Å². The van der Waals surface area contributed by atoms with Gasteiger partial charge in [-0.05, 0) is 50.5 Å². The molecule has 0 aromatic heterocycles. The van der Waals surface area contributed by atoms with Gasteiger partial charge in [-0.15, -0.1) is 0 Å². The molecular weight excluding hydrogens is 172 g/mol. The number of rotatable bonds is 2. The Morgan fingerprint density at radius 1 is 1.21 bits per heavy atom. The molecule has 0 aliphatic heterocycles. The molecule has 0 saturated heterocycles. The van der Waals surface area contributed by atoms with Gasteiger partial charge >= 0.3 is 0 Å². The number of hydrogen-bond donors (Lipinski definition) is 0. The highest BCUT2D eigenvalue weighted by Crippen LogP contribution is 2.19. The maximum absolute atomic E-state index is 10.9. The van der Waals surface area contributed by atoms with Gasteiger partial charge in [-0.25, -0.2) is 0 Å². The van der Waals surface area contributed by atoms with Crippen LogP contribution in [0.5, 0.6) is 0 Å². The van der Waals surface area contributed by atoms with Crippen molar-refractivity contribution in [3.8, 4) is 0 Å². The van der Waals surface area contributed by atoms with Crippen LogP contribution in [0.1, 0.15) is 30.5 Å². The van der Waals surface area contributed by atoms with Crippen molar-refractivity contribution in [2.24, 2.45) is 0 Å². The van der Waals surface area contributed by atoms with Gasteiger partial charge in [-0.2, -0.15) is 0 Å². The van der Waals surface area contributed by atoms with Crippen LogP contribution in [0.2, 0.25) is 0 Å². The molecule has 0 bridgehead atoms. The van der Waals surface area contributed by atoms with Crippen molar-refractivity contribution in [1.82, 2.24) is 0 Å². The number of allylic oxidation sites excluding steroid dienone is 2. The van der Waals surface area contributed by atoms with E-state index in [1.54, 1.807) is 13.0 Å². The lowest BCUT2D eigenvalue weighted by atomic mass is 9.99. The molecule has 0 aliphatic carbocycles. The van der Waals surface area contributed by atoms with E-state index in [1.165, 1.54) is 16.7 Å². The van der Waals surface area contributed by atoms with Crippen LogP contribution >= 0.6 is 0 Å². The number of ketones is 1. The third kappa shape index (κ3) is 2.56. The zero-order chi connectivity index (χ0) is 10.7. The molecule has 0 spiro atoms. The number of hydrogen-bond acceptors (Lipinski definition) is 1. The summed E-state index contributed by atoms with van der Waals surface area (Å²) in [5.74, 6) is 0.100. The van der Waals surface area contributed by atoms with E-state index in [-0.39, 0.29) is 5.78 Å². The lowest BCUT2D eigenvalue weighted by Gasteiger charge is -2.06. The minimum absolute atomic E-state index is 0.100. The topological polar surface area (TPSA) is 17.1 Å². The second-order valence-corrected chi connectivity index (χ2v) is 3.76. The molecule has 0 unspecified atom stereocenters. The molecule has 0 amide bonds. The SMILES string of the molecule is CC(=O)/C=C(/C)c1cc(C)ccc1C. The molecule has 0 aliphatic rings. The van der Waals surface area contributed by atoms with Gasteiger partial charge in [0.1, 0.15) is 0 Å². The molecule has 1 aromatic rings. The van der Waals surface area contributed by atoms with E-state index < -0.39 is 0 Å². The third-order valence-corrected chi connectivity index (χ3v) is 2.24. The average molecular weight is 188 g/mol. The Bertz CT molecular complexity index is 386. The Morgan fingerprint density at radius 2 is 1.86 bits per heavy atom. The average Bonchev–Trinajstić information content (AvgIpc) is 2.08. The summed E-state index contributed by atoms with van der Waals surface area (Å²) in [6, 6.07) is 6.28. The first-order chi connectivity index (χ1) is 6.50. The van der Waals surface area contributed by atoms with Crippen LogP contribution < -0.4 is 0 Å². The minimum Gasteiger partial charge on any atom is -0.295 e. The van der Waals surface area contributed by atoms with Crippen molar-refractivity contribution in [3.05, 3.63) is 41.0 Å². The van der Waals surface area contributed by atoms with E-state index in [1.807, 2.05) is 6.92 Å². The molecule has 1 rings (SSSR count). The maximum Gasteiger partial charge on any atom is 0.152 e. The summed E-state index contributed by atoms with van der Waals surface area (Å²) in [5, 5.41) is 0. The fourth-order valence-corrected chi connectivity index (χ4v) is 1.54. The fourth-order valence-electron chi connectivity index (χ4n) is 1.54. The summed E-state index contributed by atoms with van der Waals surface area (Å²) in [7, 11) is 0. The molecule has 0 N–H and O–H groups in total. The lowest BCUT2D eigenvalue weighted by Crippen LogP contribution is -1.90. The maximum atomic E-state index is 10.9. The van der Waals surface area contributed by atoms with Gasteiger partial charge < -0.3 is 0 Å². The first kappa shape index (κ1) is 10.7. The summed E-state index contributed by atoms with van der Waals surface area (Å²) in [4.78, 5) is 10.9. The zero-order valence-corrected chi connectivity index (χ0v) is 9.22. The Kier molecular flexibility index (Phi) is 3.23. The number of benzene rings is 1. The molecule has 0 atom stereocenters. The zero-order valence-electron chi connectivity index (χ0n) is 9.22. The van der Waals surface area contributed by atoms with Gasteiger partial charge in [0.05, 0.1) is 0 Å². The number of carbonyl (C=O) groups excluding carboxylic acids is 1. The Morgan fingerprint density at radius 3 is 2.43 bits per heavy atom. The van der Waals surface area contributed by atoms with Crippen LogP contribution in [-0.4, -0.2) is 5.78 Å². The van der Waals surface area contributed by atoms with E-state index in [4.69, 9.17) is 0 Å². The van der Waals surface area contributed by atoms with Crippen LogP contribution in [-0.2, 0) is 4.79 Å². The van der Waals surface area contributed by atoms with Crippen molar-refractivity contribution in [2.45, 2.75) is 27.7 Å². The van der Waals surface area contributed by atoms with Gasteiger partial charge in [-0.1, -0.05) is 23.8 Å². The fraction of sp³-hybridized carbons (Fsp3) is 0.308. The standard InChI is InChI=1S/C13H16O/c1-9-5-6-10(2)13(7-9)11(3)8-12(4)14/h5-8H,1-4H3/b11-8-. The predicted molar refractivity (Wildman–Crippen MR) is 60.2 cm³/mol. The van der Waals surface area contributed by atoms with Gasteiger partial charge in [0.2, 0.25) is 0 Å². The van der Waals surface area contributed by atoms with Crippen molar-refractivity contribution in [2.75, 3.05) is 0 Å². The minimum atomic E-state index is 0.100. The normalized spacial score (nSPS) is 11.6. The molecule has 0 saturated carbocycles. The second-order valence-electron chi connectivity index (χ2n) is 3.76. The highest BCUT2D eigenvalue weighted by atomic mass is 16.1. The van der Waals surface area contributed by atoms with E-state index in [9.17, 15) is 4.79 Å². The van der Waals surface area contributed by atoms with E-state index in [2.05, 4.69) is 32.0 Å². The number of aryl methyl sites for hydroxylation is 2. The van der Waals surface area contributed by atoms with Crippen LogP contribution in [0.4, 0.5) is 0 Å². The molecular formula is C13H16O. The van der Waals surface area contributed by atoms with E-state index >= 15 is 0 Å². The van der Waals surface area contributed by atoms with Gasteiger partial charge in [0.15, 0.2) is 5.78 Å². The first-order valence-electron chi connectivity index (χ1n) is 4.77. The summed E-state index contributed by atoms with van der Waals surface area (Å²) in [6.45, 7) is 7.67. The highest BCUT2D eigenvalue weighted by molar-refractivity contribution is 5.95. The van der Waals surface area contributed by atoms with Crippen molar-refractivity contribution in [1.29, 1.82) is 0 Å². The molecule has 0 fully saturated rings. The van der Waals surface area contributed by atoms with Crippen LogP contribution in [0.3, 0.4) is 0 Å². The molecule has 74 valence electrons. The summed E-state index contributed by atoms with van der Waals surface area (Å²) < 4.78 is 0. The van der Waals surface area contributed by atoms with Gasteiger partial charge in [0.25, 0.3) is 0 Å². The quantitative estimate of drug-likeness (QED) is 0.651. The molecule has 1 aromatic carbocycles. The van der Waals surface area contributed by atoms with Crippen LogP contribution in [0, 0.1) is 13.8 Å². The van der Waals surface area contributed by atoms with Crippen LogP contribution in [0.25, 0.3) is 5.57 Å². The van der Waals surface area contributed by atoms with Crippen molar-refractivity contribution < 1.29 is 4.79 Å². The van der Waals surface area contributed by atoms with Crippen molar-refractivity contribution >= 4 is 11.4 Å². The molecule has 0 radical (unpaired) electrons. The summed E-state index contributed by atoms with van der Waals surface area (Å²) in [5.41, 5.74) is 4.64. The molecule has 14 heavy (non-hydrogen) atoms. The smallest absolute Gasteiger partial charge is 0.152 e. The Balaban J connectivity index is 3.18. The highest BCUT2D eigenvalue weighted by Gasteiger charge is 2.01. The summed E-state index contributed by atoms with van der Waals surface area (Å²) in [6.07, 6.45) is 1.68. The lowest BCUT2D eigenvalue weighted by molar-refractivity contribution is -0.112. The van der Waals surface area contributed by atoms with E-state index in [0.29, 0.717) is 0 Å². The van der Waals surface area contributed by atoms with E-state index in [0.717, 1.165) is 5.57 Å². The first-order valence-corrected chi connectivity index (χ1v) is 4.77. The number of carbonyl (C=O) groups is 1. The molecule has 1 heteroatoms. The molecule has 1 nitrogen and oxygen atoms in total. The van der Waals surface area contributed by atoms with Crippen molar-refractivity contribution in [3.63, 3.8) is 0 Å². The third-order valence-electron chi connectivity index (χ3n) is 2.24. The summed E-state index contributed by atoms with van der Waals surface area (Å²) >= 11 is 0. The monoisotopic (exact) mass is 188 g/mol.